The topological polar surface area (TPSA) is 156 Å². The monoisotopic (exact) mass is 580 g/mol. The molecule has 40 heavy (non-hydrogen) atoms. The lowest BCUT2D eigenvalue weighted by atomic mass is 9.84. The number of benzene rings is 2. The number of hydrogen-bond donors (Lipinski definition) is 3. The lowest BCUT2D eigenvalue weighted by Gasteiger charge is -2.25. The number of H-pyrrole nitrogens is 1. The Hall–Kier alpha value is -3.94. The summed E-state index contributed by atoms with van der Waals surface area (Å²) < 4.78 is 22.7. The van der Waals surface area contributed by atoms with Crippen molar-refractivity contribution < 1.29 is 18.4 Å². The maximum atomic E-state index is 13.4. The van der Waals surface area contributed by atoms with Crippen LogP contribution in [0.3, 0.4) is 0 Å². The van der Waals surface area contributed by atoms with E-state index < -0.39 is 17.1 Å². The predicted octanol–water partition coefficient (Wildman–Crippen LogP) is 5.67. The van der Waals surface area contributed by atoms with E-state index in [1.807, 2.05) is 12.1 Å². The van der Waals surface area contributed by atoms with Crippen LogP contribution in [-0.4, -0.2) is 41.3 Å². The molecule has 5 rings (SSSR count). The number of thiophene rings is 1. The van der Waals surface area contributed by atoms with Crippen molar-refractivity contribution >= 4 is 51.0 Å². The highest BCUT2D eigenvalue weighted by Crippen LogP contribution is 2.34. The molecule has 210 valence electrons. The van der Waals surface area contributed by atoms with E-state index in [9.17, 15) is 18.4 Å². The summed E-state index contributed by atoms with van der Waals surface area (Å²) in [6.07, 6.45) is 6.11. The van der Waals surface area contributed by atoms with Crippen molar-refractivity contribution in [1.82, 2.24) is 20.6 Å². The second kappa shape index (κ2) is 13.4. The Morgan fingerprint density at radius 2 is 1.73 bits per heavy atom. The number of nitrogens with one attached hydrogen (secondary N) is 3. The molecule has 0 saturated heterocycles. The number of hydrogen-bond acceptors (Lipinski definition) is 8. The van der Waals surface area contributed by atoms with Gasteiger partial charge in [0.05, 0.1) is 15.8 Å². The SMILES string of the molecule is C.O=C(Nc1nn[nH]n1)c1ccc(CN(C(=O)Nc2ccc(S(=O)[O-])s2)c2ccc(C3CCCCC3)cc2)cc1. The van der Waals surface area contributed by atoms with E-state index in [2.05, 4.69) is 43.4 Å². The molecule has 3 amide bonds. The average molecular weight is 581 g/mol. The van der Waals surface area contributed by atoms with Crippen LogP contribution in [0.15, 0.2) is 64.9 Å². The predicted molar refractivity (Wildman–Crippen MR) is 154 cm³/mol. The summed E-state index contributed by atoms with van der Waals surface area (Å²) in [6.45, 7) is 0.229. The summed E-state index contributed by atoms with van der Waals surface area (Å²) in [5.74, 6) is 0.222. The zero-order valence-corrected chi connectivity index (χ0v) is 22.5. The van der Waals surface area contributed by atoms with Crippen molar-refractivity contribution in [2.75, 3.05) is 15.5 Å². The molecule has 11 nitrogen and oxygen atoms in total. The maximum absolute atomic E-state index is 13.4. The highest BCUT2D eigenvalue weighted by Gasteiger charge is 2.20. The van der Waals surface area contributed by atoms with Crippen LogP contribution in [0.5, 0.6) is 0 Å². The summed E-state index contributed by atoms with van der Waals surface area (Å²) in [5, 5.41) is 18.9. The summed E-state index contributed by atoms with van der Waals surface area (Å²) in [4.78, 5) is 27.4. The Balaban J connectivity index is 0.00000370. The molecule has 1 unspecified atom stereocenters. The van der Waals surface area contributed by atoms with Crippen LogP contribution in [0.25, 0.3) is 0 Å². The summed E-state index contributed by atoms with van der Waals surface area (Å²) in [7, 11) is 0. The lowest BCUT2D eigenvalue weighted by Crippen LogP contribution is -2.34. The fourth-order valence-electron chi connectivity index (χ4n) is 4.63. The van der Waals surface area contributed by atoms with Gasteiger partial charge in [-0.15, -0.1) is 16.4 Å². The van der Waals surface area contributed by atoms with Crippen molar-refractivity contribution in [1.29, 1.82) is 0 Å². The summed E-state index contributed by atoms with van der Waals surface area (Å²) >= 11 is -1.38. The molecule has 1 saturated carbocycles. The third-order valence-corrected chi connectivity index (χ3v) is 8.55. The van der Waals surface area contributed by atoms with E-state index in [4.69, 9.17) is 0 Å². The van der Waals surface area contributed by atoms with Crippen molar-refractivity contribution in [3.05, 3.63) is 77.4 Å². The maximum Gasteiger partial charge on any atom is 0.327 e. The molecule has 0 bridgehead atoms. The first-order chi connectivity index (χ1) is 19.0. The molecule has 0 spiro atoms. The average Bonchev–Trinajstić information content (AvgIpc) is 3.65. The van der Waals surface area contributed by atoms with Gasteiger partial charge in [0.1, 0.15) is 0 Å². The van der Waals surface area contributed by atoms with Crippen molar-refractivity contribution in [2.45, 2.75) is 56.2 Å². The van der Waals surface area contributed by atoms with Gasteiger partial charge in [-0.3, -0.25) is 24.5 Å². The highest BCUT2D eigenvalue weighted by molar-refractivity contribution is 7.81. The van der Waals surface area contributed by atoms with Crippen LogP contribution in [0.4, 0.5) is 21.4 Å². The number of urea groups is 1. The number of tetrazole rings is 1. The third kappa shape index (κ3) is 7.17. The standard InChI is InChI=1S/C26H27N7O4S2.CH4/c34-24(28-25-29-31-32-30-25)20-8-6-17(7-9-20)16-33(26(35)27-22-14-15-23(38-22)39(36)37)21-12-10-19(11-13-21)18-4-2-1-3-5-18;/h6-15,18H,1-5,16H2,(H,27,35)(H,36,37)(H2,28,29,30,31,32,34);1H4/p-1. The van der Waals surface area contributed by atoms with E-state index in [0.717, 1.165) is 16.9 Å². The van der Waals surface area contributed by atoms with Crippen molar-refractivity contribution in [3.8, 4) is 0 Å². The van der Waals surface area contributed by atoms with Gasteiger partial charge in [0, 0.05) is 11.3 Å². The number of rotatable bonds is 8. The van der Waals surface area contributed by atoms with Gasteiger partial charge in [-0.25, -0.2) is 4.79 Å². The molecule has 1 aliphatic rings. The molecule has 2 aromatic carbocycles. The van der Waals surface area contributed by atoms with Gasteiger partial charge >= 0.3 is 6.03 Å². The molecule has 2 heterocycles. The molecule has 13 heteroatoms. The van der Waals surface area contributed by atoms with Crippen LogP contribution in [-0.2, 0) is 17.6 Å². The van der Waals surface area contributed by atoms with Crippen LogP contribution in [0, 0.1) is 0 Å². The molecule has 1 atom stereocenters. The van der Waals surface area contributed by atoms with Gasteiger partial charge in [-0.2, -0.15) is 5.21 Å². The fourth-order valence-corrected chi connectivity index (χ4v) is 5.97. The van der Waals surface area contributed by atoms with Gasteiger partial charge in [-0.05, 0) is 82.6 Å². The number of aromatic amines is 1. The Labute approximate surface area is 238 Å². The molecule has 4 aromatic rings. The minimum absolute atomic E-state index is 0. The van der Waals surface area contributed by atoms with Gasteiger partial charge < -0.3 is 4.55 Å². The smallest absolute Gasteiger partial charge is 0.327 e. The number of nitrogens with zero attached hydrogens (tertiary/aromatic N) is 4. The second-order valence-electron chi connectivity index (χ2n) is 9.18. The van der Waals surface area contributed by atoms with E-state index >= 15 is 0 Å². The fraction of sp³-hybridized carbons (Fsp3) is 0.296. The first-order valence-electron chi connectivity index (χ1n) is 12.5. The van der Waals surface area contributed by atoms with E-state index in [0.29, 0.717) is 22.2 Å². The van der Waals surface area contributed by atoms with Gasteiger partial charge in [0.2, 0.25) is 0 Å². The number of carbonyl (C=O) groups is 2. The van der Waals surface area contributed by atoms with Crippen LogP contribution in [0.1, 0.15) is 66.9 Å². The van der Waals surface area contributed by atoms with Crippen LogP contribution >= 0.6 is 11.3 Å². The molecular weight excluding hydrogens is 550 g/mol. The molecule has 0 aliphatic heterocycles. The number of amides is 3. The molecule has 0 radical (unpaired) electrons. The molecule has 1 fully saturated rings. The molecule has 3 N–H and O–H groups in total. The summed E-state index contributed by atoms with van der Waals surface area (Å²) in [5.41, 5.74) is 3.17. The van der Waals surface area contributed by atoms with E-state index in [1.165, 1.54) is 43.7 Å². The zero-order chi connectivity index (χ0) is 27.2. The Morgan fingerprint density at radius 1 is 1.00 bits per heavy atom. The zero-order valence-electron chi connectivity index (χ0n) is 20.8. The minimum atomic E-state index is -2.37. The quantitative estimate of drug-likeness (QED) is 0.227. The van der Waals surface area contributed by atoms with Gasteiger partial charge in [0.25, 0.3) is 11.9 Å². The van der Waals surface area contributed by atoms with Crippen molar-refractivity contribution in [2.24, 2.45) is 0 Å². The lowest BCUT2D eigenvalue weighted by molar-refractivity contribution is 0.102. The van der Waals surface area contributed by atoms with Crippen molar-refractivity contribution in [3.63, 3.8) is 0 Å². The normalized spacial score (nSPS) is 14.1. The third-order valence-electron chi connectivity index (χ3n) is 6.63. The highest BCUT2D eigenvalue weighted by atomic mass is 32.2. The van der Waals surface area contributed by atoms with Gasteiger partial charge in [-0.1, -0.05) is 56.1 Å². The number of aromatic nitrogens is 4. The van der Waals surface area contributed by atoms with E-state index in [1.54, 1.807) is 35.2 Å². The molecule has 1 aliphatic carbocycles. The van der Waals surface area contributed by atoms with Gasteiger partial charge in [0.15, 0.2) is 0 Å². The van der Waals surface area contributed by atoms with E-state index in [-0.39, 0.29) is 30.0 Å². The number of carbonyl (C=O) groups excluding carboxylic acids is 2. The molecule has 2 aromatic heterocycles. The first kappa shape index (κ1) is 29.1. The second-order valence-corrected chi connectivity index (χ2v) is 11.4. The number of anilines is 3. The Morgan fingerprint density at radius 3 is 2.35 bits per heavy atom. The molecular formula is C27H30N7O4S2-. The van der Waals surface area contributed by atoms with Crippen LogP contribution in [0.2, 0.25) is 0 Å². The minimum Gasteiger partial charge on any atom is -0.768 e. The largest absolute Gasteiger partial charge is 0.768 e. The Bertz CT molecular complexity index is 1430. The summed E-state index contributed by atoms with van der Waals surface area (Å²) in [6, 6.07) is 17.5. The van der Waals surface area contributed by atoms with Crippen LogP contribution < -0.4 is 15.5 Å². The Kier molecular flexibility index (Phi) is 9.74. The first-order valence-corrected chi connectivity index (χ1v) is 14.4.